The Bertz CT molecular complexity index is 896. The molecule has 1 aliphatic rings. The van der Waals surface area contributed by atoms with Gasteiger partial charge in [0.05, 0.1) is 5.56 Å². The number of phenols is 1. The topological polar surface area (TPSA) is 155 Å². The quantitative estimate of drug-likeness (QED) is 0.458. The maximum absolute atomic E-state index is 11.9. The number of phenolic OH excluding ortho intramolecular Hbond substituents is 1. The Morgan fingerprint density at radius 1 is 0.938 bits per heavy atom. The lowest BCUT2D eigenvalue weighted by atomic mass is 9.86. The minimum Gasteiger partial charge on any atom is -0.507 e. The van der Waals surface area contributed by atoms with Gasteiger partial charge < -0.3 is 33.9 Å². The number of carbonyl (C=O) groups is 4. The highest BCUT2D eigenvalue weighted by Crippen LogP contribution is 2.43. The van der Waals surface area contributed by atoms with Crippen LogP contribution < -0.4 is 0 Å². The minimum atomic E-state index is -2.57. The smallest absolute Gasteiger partial charge is 0.303 e. The lowest BCUT2D eigenvalue weighted by Gasteiger charge is -2.48. The number of aryl methyl sites for hydroxylation is 1. The van der Waals surface area contributed by atoms with Gasteiger partial charge >= 0.3 is 23.9 Å². The Kier molecular flexibility index (Phi) is 7.81. The van der Waals surface area contributed by atoms with Gasteiger partial charge in [0.25, 0.3) is 0 Å². The number of benzene rings is 1. The van der Waals surface area contributed by atoms with Crippen molar-refractivity contribution in [1.29, 1.82) is 0 Å². The van der Waals surface area contributed by atoms with E-state index in [-0.39, 0.29) is 5.56 Å². The second-order valence-electron chi connectivity index (χ2n) is 7.35. The van der Waals surface area contributed by atoms with Crippen LogP contribution >= 0.6 is 0 Å². The molecule has 1 fully saturated rings. The van der Waals surface area contributed by atoms with Crippen molar-refractivity contribution >= 4 is 23.9 Å². The number of ether oxygens (including phenoxy) is 5. The predicted molar refractivity (Wildman–Crippen MR) is 105 cm³/mol. The van der Waals surface area contributed by atoms with Gasteiger partial charge in [-0.15, -0.1) is 0 Å². The van der Waals surface area contributed by atoms with Gasteiger partial charge in [-0.2, -0.15) is 0 Å². The predicted octanol–water partition coefficient (Wildman–Crippen LogP) is 0.603. The number of carbonyl (C=O) groups excluding carboxylic acids is 4. The molecule has 11 heteroatoms. The third-order valence-electron chi connectivity index (χ3n) is 4.59. The molecular weight excluding hydrogens is 428 g/mol. The third-order valence-corrected chi connectivity index (χ3v) is 4.59. The van der Waals surface area contributed by atoms with Gasteiger partial charge in [-0.05, 0) is 19.1 Å². The molecule has 1 aliphatic heterocycles. The van der Waals surface area contributed by atoms with E-state index in [1.807, 2.05) is 0 Å². The van der Waals surface area contributed by atoms with Gasteiger partial charge in [-0.3, -0.25) is 19.2 Å². The Morgan fingerprint density at radius 3 is 2.03 bits per heavy atom. The molecule has 0 bridgehead atoms. The van der Waals surface area contributed by atoms with E-state index in [2.05, 4.69) is 0 Å². The first-order chi connectivity index (χ1) is 14.8. The summed E-state index contributed by atoms with van der Waals surface area (Å²) in [6.45, 7) is 5.50. The van der Waals surface area contributed by atoms with Crippen molar-refractivity contribution in [3.63, 3.8) is 0 Å². The van der Waals surface area contributed by atoms with Crippen LogP contribution in [0.15, 0.2) is 18.2 Å². The van der Waals surface area contributed by atoms with Crippen LogP contribution in [0.25, 0.3) is 0 Å². The standard InChI is InChI=1S/C21H26O11/c1-10-6-7-16(26)15(8-10)21(27)20(31-14(5)25)19(30-13(4)24)18(29-12(3)23)17(32-21)9-28-11(2)22/h6-8,17-20,26-27H,9H2,1-5H3/t17-,18-,19+,20-,21+/m1/s1. The van der Waals surface area contributed by atoms with Crippen molar-refractivity contribution in [3.8, 4) is 5.75 Å². The summed E-state index contributed by atoms with van der Waals surface area (Å²) in [4.78, 5) is 46.8. The van der Waals surface area contributed by atoms with Crippen molar-refractivity contribution in [2.45, 2.75) is 64.8 Å². The van der Waals surface area contributed by atoms with Gasteiger partial charge in [0, 0.05) is 27.7 Å². The van der Waals surface area contributed by atoms with Crippen molar-refractivity contribution in [1.82, 2.24) is 0 Å². The summed E-state index contributed by atoms with van der Waals surface area (Å²) in [5, 5.41) is 22.0. The fourth-order valence-electron chi connectivity index (χ4n) is 3.43. The fourth-order valence-corrected chi connectivity index (χ4v) is 3.43. The molecule has 0 aliphatic carbocycles. The number of hydrogen-bond donors (Lipinski definition) is 2. The van der Waals surface area contributed by atoms with E-state index < -0.39 is 66.4 Å². The molecule has 0 saturated carbocycles. The van der Waals surface area contributed by atoms with Crippen LogP contribution in [-0.2, 0) is 48.6 Å². The summed E-state index contributed by atoms with van der Waals surface area (Å²) in [7, 11) is 0. The summed E-state index contributed by atoms with van der Waals surface area (Å²) >= 11 is 0. The molecule has 1 heterocycles. The lowest BCUT2D eigenvalue weighted by molar-refractivity contribution is -0.360. The van der Waals surface area contributed by atoms with E-state index in [9.17, 15) is 29.4 Å². The van der Waals surface area contributed by atoms with Crippen LogP contribution in [0.3, 0.4) is 0 Å². The molecule has 0 spiro atoms. The highest BCUT2D eigenvalue weighted by atomic mass is 16.7. The zero-order valence-corrected chi connectivity index (χ0v) is 18.3. The normalized spacial score (nSPS) is 27.2. The average molecular weight is 454 g/mol. The van der Waals surface area contributed by atoms with E-state index in [1.165, 1.54) is 12.1 Å². The molecule has 11 nitrogen and oxygen atoms in total. The zero-order valence-electron chi connectivity index (χ0n) is 18.3. The second kappa shape index (κ2) is 9.96. The van der Waals surface area contributed by atoms with Crippen LogP contribution in [-0.4, -0.2) is 65.1 Å². The molecule has 0 unspecified atom stereocenters. The highest BCUT2D eigenvalue weighted by Gasteiger charge is 2.61. The first-order valence-corrected chi connectivity index (χ1v) is 9.70. The molecule has 0 amide bonds. The van der Waals surface area contributed by atoms with Gasteiger partial charge in [0.15, 0.2) is 12.2 Å². The molecule has 2 rings (SSSR count). The summed E-state index contributed by atoms with van der Waals surface area (Å²) in [5.41, 5.74) is 0.411. The fraction of sp³-hybridized carbons (Fsp3) is 0.524. The summed E-state index contributed by atoms with van der Waals surface area (Å²) < 4.78 is 26.5. The monoisotopic (exact) mass is 454 g/mol. The summed E-state index contributed by atoms with van der Waals surface area (Å²) in [5.74, 6) is -6.18. The Hall–Kier alpha value is -3.18. The number of hydrogen-bond acceptors (Lipinski definition) is 11. The van der Waals surface area contributed by atoms with Crippen LogP contribution in [0.1, 0.15) is 38.8 Å². The highest BCUT2D eigenvalue weighted by molar-refractivity contribution is 5.69. The Morgan fingerprint density at radius 2 is 1.50 bits per heavy atom. The molecule has 1 aromatic rings. The number of rotatable bonds is 6. The molecule has 0 radical (unpaired) electrons. The van der Waals surface area contributed by atoms with Gasteiger partial charge in [-0.1, -0.05) is 11.6 Å². The van der Waals surface area contributed by atoms with Gasteiger partial charge in [0.2, 0.25) is 11.9 Å². The molecule has 1 saturated heterocycles. The first-order valence-electron chi connectivity index (χ1n) is 9.70. The van der Waals surface area contributed by atoms with E-state index in [1.54, 1.807) is 13.0 Å². The summed E-state index contributed by atoms with van der Waals surface area (Å²) in [6, 6.07) is 4.23. The van der Waals surface area contributed by atoms with Gasteiger partial charge in [0.1, 0.15) is 18.5 Å². The van der Waals surface area contributed by atoms with Crippen molar-refractivity contribution < 1.29 is 53.1 Å². The SMILES string of the molecule is CC(=O)OC[C@H]1O[C@@](O)(c2cc(C)ccc2O)[C@H](OC(C)=O)[C@@H](OC(C)=O)[C@@H]1OC(C)=O. The molecule has 0 aromatic heterocycles. The van der Waals surface area contributed by atoms with E-state index in [4.69, 9.17) is 23.7 Å². The maximum atomic E-state index is 11.9. The first kappa shape index (κ1) is 25.1. The van der Waals surface area contributed by atoms with Gasteiger partial charge in [-0.25, -0.2) is 0 Å². The summed E-state index contributed by atoms with van der Waals surface area (Å²) in [6.07, 6.45) is -6.11. The van der Waals surface area contributed by atoms with Crippen molar-refractivity contribution in [2.75, 3.05) is 6.61 Å². The largest absolute Gasteiger partial charge is 0.507 e. The maximum Gasteiger partial charge on any atom is 0.303 e. The minimum absolute atomic E-state index is 0.199. The van der Waals surface area contributed by atoms with Crippen molar-refractivity contribution in [2.24, 2.45) is 0 Å². The third kappa shape index (κ3) is 5.74. The van der Waals surface area contributed by atoms with E-state index >= 15 is 0 Å². The van der Waals surface area contributed by atoms with Crippen LogP contribution in [0.4, 0.5) is 0 Å². The molecule has 1 aromatic carbocycles. The molecule has 176 valence electrons. The molecular formula is C21H26O11. The second-order valence-corrected chi connectivity index (χ2v) is 7.35. The Labute approximate surface area is 184 Å². The number of aliphatic hydroxyl groups is 1. The van der Waals surface area contributed by atoms with Crippen LogP contribution in [0, 0.1) is 6.92 Å². The lowest BCUT2D eigenvalue weighted by Crippen LogP contribution is -2.66. The number of aromatic hydroxyl groups is 1. The van der Waals surface area contributed by atoms with Crippen LogP contribution in [0.2, 0.25) is 0 Å². The van der Waals surface area contributed by atoms with E-state index in [0.29, 0.717) is 5.56 Å². The number of esters is 4. The Balaban J connectivity index is 2.70. The van der Waals surface area contributed by atoms with E-state index in [0.717, 1.165) is 27.7 Å². The average Bonchev–Trinajstić information content (AvgIpc) is 2.66. The van der Waals surface area contributed by atoms with Crippen molar-refractivity contribution in [3.05, 3.63) is 29.3 Å². The van der Waals surface area contributed by atoms with Crippen LogP contribution in [0.5, 0.6) is 5.75 Å². The molecule has 32 heavy (non-hydrogen) atoms. The zero-order chi connectivity index (χ0) is 24.2. The molecule has 2 N–H and O–H groups in total. The molecule has 5 atom stereocenters.